The first-order valence-electron chi connectivity index (χ1n) is 9.94. The van der Waals surface area contributed by atoms with Crippen LogP contribution in [0.15, 0.2) is 35.4 Å². The number of benzene rings is 1. The van der Waals surface area contributed by atoms with Gasteiger partial charge in [-0.15, -0.1) is 0 Å². The first-order valence-corrected chi connectivity index (χ1v) is 9.94. The topological polar surface area (TPSA) is 63.7 Å². The predicted molar refractivity (Wildman–Crippen MR) is 98.9 cm³/mol. The molecule has 27 heavy (non-hydrogen) atoms. The number of carbonyl (C=O) groups excluding carboxylic acids is 3. The molecule has 1 aromatic rings. The lowest BCUT2D eigenvalue weighted by molar-refractivity contribution is -0.132. The van der Waals surface area contributed by atoms with Crippen LogP contribution < -0.4 is 9.64 Å². The zero-order valence-corrected chi connectivity index (χ0v) is 15.4. The highest BCUT2D eigenvalue weighted by Crippen LogP contribution is 2.57. The smallest absolute Gasteiger partial charge is 0.308 e. The van der Waals surface area contributed by atoms with Crippen LogP contribution in [0.3, 0.4) is 0 Å². The molecular weight excluding hydrogens is 342 g/mol. The summed E-state index contributed by atoms with van der Waals surface area (Å²) in [5, 5.41) is 0. The quantitative estimate of drug-likeness (QED) is 0.347. The van der Waals surface area contributed by atoms with Crippen LogP contribution in [-0.4, -0.2) is 17.8 Å². The van der Waals surface area contributed by atoms with E-state index in [4.69, 9.17) is 4.74 Å². The van der Waals surface area contributed by atoms with Crippen LogP contribution in [-0.2, 0) is 14.4 Å². The van der Waals surface area contributed by atoms with Crippen molar-refractivity contribution in [3.63, 3.8) is 0 Å². The first-order chi connectivity index (χ1) is 13.1. The van der Waals surface area contributed by atoms with E-state index < -0.39 is 5.97 Å². The molecule has 2 amide bonds. The third-order valence-corrected chi connectivity index (χ3v) is 6.85. The highest BCUT2D eigenvalue weighted by Gasteiger charge is 2.59. The number of imide groups is 1. The van der Waals surface area contributed by atoms with E-state index in [0.29, 0.717) is 11.4 Å². The monoisotopic (exact) mass is 365 g/mol. The number of allylic oxidation sites excluding steroid dienone is 2. The van der Waals surface area contributed by atoms with Gasteiger partial charge >= 0.3 is 5.97 Å². The Bertz CT molecular complexity index is 827. The van der Waals surface area contributed by atoms with E-state index in [1.54, 1.807) is 24.3 Å². The SMILES string of the molecule is CC(=O)Oc1ccc(N2C(=O)C3C4CCCC4=C4CCCC4C3C2=O)cc1. The zero-order valence-electron chi connectivity index (χ0n) is 15.4. The summed E-state index contributed by atoms with van der Waals surface area (Å²) in [6.07, 6.45) is 6.56. The maximum Gasteiger partial charge on any atom is 0.308 e. The van der Waals surface area contributed by atoms with Gasteiger partial charge in [0.1, 0.15) is 5.75 Å². The molecule has 2 saturated carbocycles. The van der Waals surface area contributed by atoms with Crippen LogP contribution in [0.5, 0.6) is 5.75 Å². The molecule has 0 bridgehead atoms. The predicted octanol–water partition coefficient (Wildman–Crippen LogP) is 3.63. The lowest BCUT2D eigenvalue weighted by Crippen LogP contribution is -2.35. The van der Waals surface area contributed by atoms with E-state index in [9.17, 15) is 14.4 Å². The van der Waals surface area contributed by atoms with Crippen molar-refractivity contribution in [3.05, 3.63) is 35.4 Å². The Kier molecular flexibility index (Phi) is 3.74. The van der Waals surface area contributed by atoms with Crippen LogP contribution in [0.1, 0.15) is 45.4 Å². The summed E-state index contributed by atoms with van der Waals surface area (Å²) in [6, 6.07) is 6.67. The van der Waals surface area contributed by atoms with E-state index in [1.807, 2.05) is 0 Å². The third-order valence-electron chi connectivity index (χ3n) is 6.85. The Morgan fingerprint density at radius 2 is 1.44 bits per heavy atom. The minimum absolute atomic E-state index is 0.0411. The minimum atomic E-state index is -0.393. The molecule has 1 saturated heterocycles. The van der Waals surface area contributed by atoms with Crippen molar-refractivity contribution < 1.29 is 19.1 Å². The lowest BCUT2D eigenvalue weighted by Gasteiger charge is -2.34. The molecule has 4 unspecified atom stereocenters. The van der Waals surface area contributed by atoms with E-state index in [0.717, 1.165) is 38.5 Å². The van der Waals surface area contributed by atoms with Gasteiger partial charge in [0.2, 0.25) is 11.8 Å². The maximum atomic E-state index is 13.3. The van der Waals surface area contributed by atoms with Gasteiger partial charge in [-0.25, -0.2) is 0 Å². The Morgan fingerprint density at radius 3 is 1.93 bits per heavy atom. The largest absolute Gasteiger partial charge is 0.427 e. The van der Waals surface area contributed by atoms with Gasteiger partial charge in [-0.3, -0.25) is 19.3 Å². The molecule has 1 heterocycles. The molecular formula is C22H23NO4. The van der Waals surface area contributed by atoms with Gasteiger partial charge in [0.05, 0.1) is 17.5 Å². The van der Waals surface area contributed by atoms with E-state index >= 15 is 0 Å². The molecule has 5 nitrogen and oxygen atoms in total. The summed E-state index contributed by atoms with van der Waals surface area (Å²) in [5.41, 5.74) is 3.59. The number of esters is 1. The Balaban J connectivity index is 1.50. The number of nitrogens with zero attached hydrogens (tertiary/aromatic N) is 1. The fourth-order valence-electron chi connectivity index (χ4n) is 5.98. The normalized spacial score (nSPS) is 31.8. The van der Waals surface area contributed by atoms with Crippen molar-refractivity contribution in [1.82, 2.24) is 0 Å². The van der Waals surface area contributed by atoms with Crippen LogP contribution in [0.25, 0.3) is 0 Å². The van der Waals surface area contributed by atoms with Crippen LogP contribution in [0, 0.1) is 23.7 Å². The third kappa shape index (κ3) is 2.40. The molecule has 3 aliphatic carbocycles. The summed E-state index contributed by atoms with van der Waals surface area (Å²) < 4.78 is 5.06. The second-order valence-electron chi connectivity index (χ2n) is 8.20. The molecule has 3 fully saturated rings. The molecule has 4 aliphatic rings. The molecule has 140 valence electrons. The molecule has 5 rings (SSSR count). The van der Waals surface area contributed by atoms with Crippen molar-refractivity contribution in [2.75, 3.05) is 4.90 Å². The second kappa shape index (κ2) is 6.04. The molecule has 0 radical (unpaired) electrons. The number of ether oxygens (including phenoxy) is 1. The summed E-state index contributed by atoms with van der Waals surface area (Å²) in [6.45, 7) is 1.34. The summed E-state index contributed by atoms with van der Waals surface area (Å²) in [4.78, 5) is 39.2. The van der Waals surface area contributed by atoms with Crippen molar-refractivity contribution >= 4 is 23.5 Å². The summed E-state index contributed by atoms with van der Waals surface area (Å²) in [7, 11) is 0. The Hall–Kier alpha value is -2.43. The lowest BCUT2D eigenvalue weighted by atomic mass is 9.66. The number of fused-ring (bicyclic) bond motifs is 5. The van der Waals surface area contributed by atoms with Crippen molar-refractivity contribution in [2.24, 2.45) is 23.7 Å². The van der Waals surface area contributed by atoms with Gasteiger partial charge in [0.15, 0.2) is 0 Å². The van der Waals surface area contributed by atoms with Gasteiger partial charge < -0.3 is 4.74 Å². The molecule has 4 atom stereocenters. The fraction of sp³-hybridized carbons (Fsp3) is 0.500. The van der Waals surface area contributed by atoms with Crippen LogP contribution in [0.2, 0.25) is 0 Å². The molecule has 0 aromatic heterocycles. The Morgan fingerprint density at radius 1 is 0.926 bits per heavy atom. The maximum absolute atomic E-state index is 13.3. The fourth-order valence-corrected chi connectivity index (χ4v) is 5.98. The number of amides is 2. The summed E-state index contributed by atoms with van der Waals surface area (Å²) in [5.74, 6) is 0.102. The number of hydrogen-bond donors (Lipinski definition) is 0. The van der Waals surface area contributed by atoms with Crippen LogP contribution in [0.4, 0.5) is 5.69 Å². The van der Waals surface area contributed by atoms with Crippen molar-refractivity contribution in [2.45, 2.75) is 45.4 Å². The number of anilines is 1. The zero-order chi connectivity index (χ0) is 18.7. The van der Waals surface area contributed by atoms with E-state index in [2.05, 4.69) is 0 Å². The average molecular weight is 365 g/mol. The van der Waals surface area contributed by atoms with Gasteiger partial charge in [-0.1, -0.05) is 11.1 Å². The summed E-state index contributed by atoms with van der Waals surface area (Å²) >= 11 is 0. The first kappa shape index (κ1) is 16.7. The van der Waals surface area contributed by atoms with Gasteiger partial charge in [0.25, 0.3) is 0 Å². The van der Waals surface area contributed by atoms with Crippen molar-refractivity contribution in [3.8, 4) is 5.75 Å². The molecule has 1 aliphatic heterocycles. The van der Waals surface area contributed by atoms with E-state index in [-0.39, 0.29) is 35.5 Å². The number of hydrogen-bond acceptors (Lipinski definition) is 4. The van der Waals surface area contributed by atoms with E-state index in [1.165, 1.54) is 23.0 Å². The van der Waals surface area contributed by atoms with Gasteiger partial charge in [0, 0.05) is 6.92 Å². The highest BCUT2D eigenvalue weighted by atomic mass is 16.5. The molecule has 1 aromatic carbocycles. The number of carbonyl (C=O) groups is 3. The molecule has 5 heteroatoms. The number of rotatable bonds is 2. The minimum Gasteiger partial charge on any atom is -0.427 e. The molecule has 0 N–H and O–H groups in total. The van der Waals surface area contributed by atoms with Gasteiger partial charge in [-0.2, -0.15) is 0 Å². The average Bonchev–Trinajstić information content (AvgIpc) is 3.33. The van der Waals surface area contributed by atoms with Crippen LogP contribution >= 0.6 is 0 Å². The van der Waals surface area contributed by atoms with Crippen molar-refractivity contribution in [1.29, 1.82) is 0 Å². The van der Waals surface area contributed by atoms with Gasteiger partial charge in [-0.05, 0) is 74.6 Å². The second-order valence-corrected chi connectivity index (χ2v) is 8.20. The Labute approximate surface area is 158 Å². The standard InChI is InChI=1S/C22H23NO4/c1-12(24)27-14-10-8-13(9-11-14)23-21(25)19-17-6-2-4-15(17)16-5-3-7-18(16)20(19)22(23)26/h8-11,17-20H,2-7H2,1H3. The molecule has 0 spiro atoms. The highest BCUT2D eigenvalue weighted by molar-refractivity contribution is 6.22.